The number of carbonyl (C=O) groups is 1. The second kappa shape index (κ2) is 6.42. The van der Waals surface area contributed by atoms with E-state index in [0.29, 0.717) is 10.8 Å². The first-order valence-electron chi connectivity index (χ1n) is 6.06. The molecule has 9 heteroatoms. The summed E-state index contributed by atoms with van der Waals surface area (Å²) in [4.78, 5) is 26.4. The Kier molecular flexibility index (Phi) is 4.36. The Bertz CT molecular complexity index is 856. The molecule has 0 amide bonds. The van der Waals surface area contributed by atoms with Crippen molar-refractivity contribution in [3.63, 3.8) is 0 Å². The predicted molar refractivity (Wildman–Crippen MR) is 90.6 cm³/mol. The number of rotatable bonds is 4. The highest BCUT2D eigenvalue weighted by Gasteiger charge is 2.21. The summed E-state index contributed by atoms with van der Waals surface area (Å²) in [6.07, 6.45) is 0. The van der Waals surface area contributed by atoms with Gasteiger partial charge in [0.1, 0.15) is 12.8 Å². The number of anilines is 1. The quantitative estimate of drug-likeness (QED) is 0.442. The lowest BCUT2D eigenvalue weighted by Crippen LogP contribution is -2.13. The van der Waals surface area contributed by atoms with E-state index in [1.165, 1.54) is 29.8 Å². The maximum absolute atomic E-state index is 12.5. The third kappa shape index (κ3) is 2.96. The second-order valence-electron chi connectivity index (χ2n) is 4.04. The monoisotopic (exact) mass is 350 g/mol. The Morgan fingerprint density at radius 1 is 1.41 bits per heavy atom. The molecule has 112 valence electrons. The number of aromatic nitrogens is 2. The topological polar surface area (TPSA) is 90.5 Å². The summed E-state index contributed by atoms with van der Waals surface area (Å²) in [5.74, 6) is 0. The number of fused-ring (bicyclic) bond motifs is 1. The zero-order valence-corrected chi connectivity index (χ0v) is 13.8. The number of nitrogens with two attached hydrogens (primary N) is 1. The maximum Gasteiger partial charge on any atom is 0.248 e. The average molecular weight is 350 g/mol. The fraction of sp³-hybridized carbons (Fsp3) is 0.0769. The van der Waals surface area contributed by atoms with E-state index in [0.717, 1.165) is 26.9 Å². The van der Waals surface area contributed by atoms with Gasteiger partial charge in [0, 0.05) is 10.3 Å². The first kappa shape index (κ1) is 14.9. The van der Waals surface area contributed by atoms with Gasteiger partial charge in [0.25, 0.3) is 0 Å². The van der Waals surface area contributed by atoms with Gasteiger partial charge in [-0.3, -0.25) is 4.79 Å². The molecule has 0 saturated heterocycles. The van der Waals surface area contributed by atoms with Crippen LogP contribution >= 0.6 is 34.4 Å². The van der Waals surface area contributed by atoms with Gasteiger partial charge in [-0.25, -0.2) is 9.97 Å². The number of thiazole rings is 2. The number of hydrogen-bond donors (Lipinski definition) is 1. The van der Waals surface area contributed by atoms with Crippen LogP contribution in [0.2, 0.25) is 0 Å². The van der Waals surface area contributed by atoms with Crippen LogP contribution in [0.25, 0.3) is 10.2 Å². The Hall–Kier alpha value is -1.97. The first-order valence-corrected chi connectivity index (χ1v) is 8.63. The number of hydrogen-bond acceptors (Lipinski definition) is 9. The van der Waals surface area contributed by atoms with E-state index in [2.05, 4.69) is 15.1 Å². The average Bonchev–Trinajstić information content (AvgIpc) is 3.14. The van der Waals surface area contributed by atoms with Crippen molar-refractivity contribution in [1.29, 1.82) is 0 Å². The lowest BCUT2D eigenvalue weighted by atomic mass is 10.3. The Labute approximate surface area is 138 Å². The molecule has 2 aromatic heterocycles. The highest BCUT2D eigenvalue weighted by molar-refractivity contribution is 8.15. The molecular formula is C13H10N4O2S3. The van der Waals surface area contributed by atoms with Crippen molar-refractivity contribution in [3.05, 3.63) is 34.8 Å². The SMILES string of the molecule is CO/N=C(\C(=O)Sc1cccc2scnc12)c1csc(N)n1. The van der Waals surface area contributed by atoms with Gasteiger partial charge in [0.05, 0.1) is 15.7 Å². The molecular weight excluding hydrogens is 340 g/mol. The van der Waals surface area contributed by atoms with Gasteiger partial charge in [0.2, 0.25) is 5.12 Å². The molecule has 0 fully saturated rings. The van der Waals surface area contributed by atoms with Crippen LogP contribution < -0.4 is 5.73 Å². The van der Waals surface area contributed by atoms with Gasteiger partial charge in [-0.15, -0.1) is 22.7 Å². The number of nitrogens with zero attached hydrogens (tertiary/aromatic N) is 3. The number of nitrogen functional groups attached to an aromatic ring is 1. The summed E-state index contributed by atoms with van der Waals surface area (Å²) < 4.78 is 1.03. The van der Waals surface area contributed by atoms with Gasteiger partial charge in [-0.05, 0) is 23.9 Å². The molecule has 0 aliphatic rings. The Morgan fingerprint density at radius 2 is 2.27 bits per heavy atom. The van der Waals surface area contributed by atoms with E-state index in [4.69, 9.17) is 10.6 Å². The van der Waals surface area contributed by atoms with E-state index in [1.54, 1.807) is 10.9 Å². The number of para-hydroxylation sites is 1. The Balaban J connectivity index is 1.92. The fourth-order valence-electron chi connectivity index (χ4n) is 1.77. The van der Waals surface area contributed by atoms with Crippen molar-refractivity contribution in [1.82, 2.24) is 9.97 Å². The molecule has 0 saturated carbocycles. The van der Waals surface area contributed by atoms with Crippen LogP contribution in [0, 0.1) is 0 Å². The second-order valence-corrected chi connectivity index (χ2v) is 6.83. The van der Waals surface area contributed by atoms with Gasteiger partial charge < -0.3 is 10.6 Å². The van der Waals surface area contributed by atoms with E-state index >= 15 is 0 Å². The van der Waals surface area contributed by atoms with Gasteiger partial charge in [0.15, 0.2) is 10.8 Å². The van der Waals surface area contributed by atoms with Gasteiger partial charge >= 0.3 is 0 Å². The minimum Gasteiger partial charge on any atom is -0.398 e. The van der Waals surface area contributed by atoms with Gasteiger partial charge in [-0.1, -0.05) is 11.2 Å². The summed E-state index contributed by atoms with van der Waals surface area (Å²) in [5, 5.41) is 5.57. The van der Waals surface area contributed by atoms with Crippen molar-refractivity contribution < 1.29 is 9.63 Å². The molecule has 3 rings (SSSR count). The van der Waals surface area contributed by atoms with E-state index in [1.807, 2.05) is 18.2 Å². The summed E-state index contributed by atoms with van der Waals surface area (Å²) in [5.41, 5.74) is 8.71. The molecule has 0 atom stereocenters. The molecule has 0 aliphatic heterocycles. The minimum atomic E-state index is -0.271. The molecule has 0 radical (unpaired) electrons. The summed E-state index contributed by atoms with van der Waals surface area (Å²) in [6.45, 7) is 0. The standard InChI is InChI=1S/C13H10N4O2S3/c1-19-17-10(7-5-20-13(14)16-7)12(18)22-9-4-2-3-8-11(9)15-6-21-8/h2-6H,1H3,(H2,14,16)/b17-10-. The largest absolute Gasteiger partial charge is 0.398 e. The lowest BCUT2D eigenvalue weighted by molar-refractivity contribution is -0.105. The molecule has 22 heavy (non-hydrogen) atoms. The molecule has 6 nitrogen and oxygen atoms in total. The first-order chi connectivity index (χ1) is 10.7. The van der Waals surface area contributed by atoms with Crippen LogP contribution in [0.3, 0.4) is 0 Å². The third-order valence-electron chi connectivity index (χ3n) is 2.67. The van der Waals surface area contributed by atoms with E-state index in [9.17, 15) is 4.79 Å². The lowest BCUT2D eigenvalue weighted by Gasteiger charge is -2.03. The van der Waals surface area contributed by atoms with Crippen LogP contribution in [-0.4, -0.2) is 27.9 Å². The molecule has 2 N–H and O–H groups in total. The van der Waals surface area contributed by atoms with E-state index in [-0.39, 0.29) is 10.8 Å². The van der Waals surface area contributed by atoms with Crippen LogP contribution in [0.1, 0.15) is 5.69 Å². The third-order valence-corrected chi connectivity index (χ3v) is 5.06. The smallest absolute Gasteiger partial charge is 0.248 e. The van der Waals surface area contributed by atoms with Crippen molar-refractivity contribution in [2.75, 3.05) is 12.8 Å². The Morgan fingerprint density at radius 3 is 3.00 bits per heavy atom. The predicted octanol–water partition coefficient (Wildman–Crippen LogP) is 3.00. The van der Waals surface area contributed by atoms with Crippen LogP contribution in [0.4, 0.5) is 5.13 Å². The number of carbonyl (C=O) groups excluding carboxylic acids is 1. The van der Waals surface area contributed by atoms with Crippen molar-refractivity contribution in [2.45, 2.75) is 4.90 Å². The van der Waals surface area contributed by atoms with E-state index < -0.39 is 0 Å². The fourth-order valence-corrected chi connectivity index (χ4v) is 3.93. The van der Waals surface area contributed by atoms with Crippen LogP contribution in [0.5, 0.6) is 0 Å². The molecule has 1 aromatic carbocycles. The molecule has 0 aliphatic carbocycles. The summed E-state index contributed by atoms with van der Waals surface area (Å²) in [7, 11) is 1.38. The highest BCUT2D eigenvalue weighted by Crippen LogP contribution is 2.30. The molecule has 3 aromatic rings. The summed E-state index contributed by atoms with van der Waals surface area (Å²) in [6, 6.07) is 5.71. The van der Waals surface area contributed by atoms with Gasteiger partial charge in [-0.2, -0.15) is 0 Å². The van der Waals surface area contributed by atoms with Crippen LogP contribution in [0.15, 0.2) is 39.1 Å². The van der Waals surface area contributed by atoms with Crippen molar-refractivity contribution in [2.24, 2.45) is 5.16 Å². The van der Waals surface area contributed by atoms with Crippen molar-refractivity contribution in [3.8, 4) is 0 Å². The summed E-state index contributed by atoms with van der Waals surface area (Å²) >= 11 is 3.82. The number of oxime groups is 1. The zero-order chi connectivity index (χ0) is 15.5. The van der Waals surface area contributed by atoms with Crippen LogP contribution in [-0.2, 0) is 9.63 Å². The molecule has 0 spiro atoms. The highest BCUT2D eigenvalue weighted by atomic mass is 32.2. The van der Waals surface area contributed by atoms with Crippen molar-refractivity contribution >= 4 is 60.6 Å². The normalized spacial score (nSPS) is 11.8. The number of benzene rings is 1. The zero-order valence-electron chi connectivity index (χ0n) is 11.3. The minimum absolute atomic E-state index is 0.132. The number of thioether (sulfide) groups is 1. The molecule has 0 bridgehead atoms. The molecule has 2 heterocycles. The maximum atomic E-state index is 12.5. The molecule has 0 unspecified atom stereocenters.